The molecule has 0 bridgehead atoms. The van der Waals surface area contributed by atoms with Gasteiger partial charge in [-0.15, -0.1) is 11.3 Å². The second-order valence-corrected chi connectivity index (χ2v) is 9.91. The Balaban J connectivity index is 1.46. The Morgan fingerprint density at radius 3 is 2.68 bits per heavy atom. The van der Waals surface area contributed by atoms with Crippen molar-refractivity contribution in [3.63, 3.8) is 0 Å². The van der Waals surface area contributed by atoms with Gasteiger partial charge in [-0.1, -0.05) is 13.0 Å². The number of carbonyl (C=O) groups is 1. The standard InChI is InChI=1S/C22H23N3O4S2/c1-3-16-12-15(2)13-18(14-16)29-20-8-10-25(21(20)26)17-4-6-19(7-5-17)31(27,28)24-22-23-9-11-30-22/h4-7,9,11-14,20H,3,8,10H2,1-2H3,(H,23,24). The Bertz CT molecular complexity index is 1180. The minimum absolute atomic E-state index is 0.109. The number of nitrogens with one attached hydrogen (secondary N) is 1. The molecule has 2 heterocycles. The summed E-state index contributed by atoms with van der Waals surface area (Å²) in [5, 5.41) is 2.00. The van der Waals surface area contributed by atoms with Gasteiger partial charge in [-0.3, -0.25) is 9.52 Å². The van der Waals surface area contributed by atoms with Gasteiger partial charge in [0.05, 0.1) is 4.90 Å². The van der Waals surface area contributed by atoms with Crippen molar-refractivity contribution in [3.05, 3.63) is 65.2 Å². The zero-order chi connectivity index (χ0) is 22.0. The molecule has 1 amide bonds. The van der Waals surface area contributed by atoms with Gasteiger partial charge < -0.3 is 9.64 Å². The van der Waals surface area contributed by atoms with Crippen LogP contribution in [0.1, 0.15) is 24.5 Å². The predicted octanol–water partition coefficient (Wildman–Crippen LogP) is 4.00. The molecule has 1 aromatic heterocycles. The van der Waals surface area contributed by atoms with Gasteiger partial charge in [-0.2, -0.15) is 0 Å². The Hall–Kier alpha value is -2.91. The van der Waals surface area contributed by atoms with Crippen LogP contribution in [0.5, 0.6) is 5.75 Å². The fourth-order valence-electron chi connectivity index (χ4n) is 3.53. The van der Waals surface area contributed by atoms with Crippen molar-refractivity contribution < 1.29 is 17.9 Å². The SMILES string of the molecule is CCc1cc(C)cc(OC2CCN(c3ccc(S(=O)(=O)Nc4nccs4)cc3)C2=O)c1. The van der Waals surface area contributed by atoms with Gasteiger partial charge >= 0.3 is 0 Å². The number of aryl methyl sites for hydroxylation is 2. The number of sulfonamides is 1. The third-order valence-electron chi connectivity index (χ3n) is 5.07. The van der Waals surface area contributed by atoms with E-state index in [1.807, 2.05) is 19.1 Å². The molecule has 1 atom stereocenters. The minimum atomic E-state index is -3.73. The smallest absolute Gasteiger partial charge is 0.268 e. The summed E-state index contributed by atoms with van der Waals surface area (Å²) >= 11 is 1.20. The molecule has 162 valence electrons. The lowest BCUT2D eigenvalue weighted by atomic mass is 10.1. The summed E-state index contributed by atoms with van der Waals surface area (Å²) in [6.45, 7) is 4.60. The van der Waals surface area contributed by atoms with E-state index in [9.17, 15) is 13.2 Å². The van der Waals surface area contributed by atoms with Gasteiger partial charge in [0.2, 0.25) is 0 Å². The molecular weight excluding hydrogens is 434 g/mol. The maximum absolute atomic E-state index is 12.9. The summed E-state index contributed by atoms with van der Waals surface area (Å²) < 4.78 is 33.4. The molecule has 0 radical (unpaired) electrons. The normalized spacial score (nSPS) is 16.5. The summed E-state index contributed by atoms with van der Waals surface area (Å²) in [4.78, 5) is 18.6. The monoisotopic (exact) mass is 457 g/mol. The molecule has 0 saturated carbocycles. The van der Waals surface area contributed by atoms with Crippen LogP contribution in [0.2, 0.25) is 0 Å². The average molecular weight is 458 g/mol. The fraction of sp³-hybridized carbons (Fsp3) is 0.273. The highest BCUT2D eigenvalue weighted by molar-refractivity contribution is 7.93. The van der Waals surface area contributed by atoms with Crippen LogP contribution in [-0.2, 0) is 21.2 Å². The van der Waals surface area contributed by atoms with Crippen LogP contribution in [0.15, 0.2) is 58.9 Å². The van der Waals surface area contributed by atoms with Gasteiger partial charge in [0.25, 0.3) is 15.9 Å². The van der Waals surface area contributed by atoms with Crippen molar-refractivity contribution in [1.82, 2.24) is 4.98 Å². The van der Waals surface area contributed by atoms with Crippen molar-refractivity contribution in [2.24, 2.45) is 0 Å². The van der Waals surface area contributed by atoms with E-state index in [0.717, 1.165) is 12.0 Å². The lowest BCUT2D eigenvalue weighted by Crippen LogP contribution is -2.32. The summed E-state index contributed by atoms with van der Waals surface area (Å²) in [5.41, 5.74) is 2.91. The number of amides is 1. The first-order valence-corrected chi connectivity index (χ1v) is 12.3. The molecule has 1 unspecified atom stereocenters. The third kappa shape index (κ3) is 4.72. The molecular formula is C22H23N3O4S2. The van der Waals surface area contributed by atoms with E-state index in [1.165, 1.54) is 35.2 Å². The molecule has 1 saturated heterocycles. The Morgan fingerprint density at radius 2 is 2.00 bits per heavy atom. The Morgan fingerprint density at radius 1 is 1.23 bits per heavy atom. The van der Waals surface area contributed by atoms with Crippen molar-refractivity contribution in [3.8, 4) is 5.75 Å². The maximum Gasteiger partial charge on any atom is 0.268 e. The quantitative estimate of drug-likeness (QED) is 0.579. The van der Waals surface area contributed by atoms with E-state index < -0.39 is 16.1 Å². The van der Waals surface area contributed by atoms with Gasteiger partial charge in [-0.05, 0) is 60.9 Å². The van der Waals surface area contributed by atoms with Crippen LogP contribution in [0.3, 0.4) is 0 Å². The zero-order valence-corrected chi connectivity index (χ0v) is 18.9. The molecule has 1 N–H and O–H groups in total. The molecule has 7 nitrogen and oxygen atoms in total. The van der Waals surface area contributed by atoms with Crippen LogP contribution in [0.4, 0.5) is 10.8 Å². The molecule has 0 spiro atoms. The summed E-state index contributed by atoms with van der Waals surface area (Å²) in [6, 6.07) is 12.3. The highest BCUT2D eigenvalue weighted by Gasteiger charge is 2.34. The van der Waals surface area contributed by atoms with Crippen LogP contribution >= 0.6 is 11.3 Å². The van der Waals surface area contributed by atoms with Crippen LogP contribution in [0, 0.1) is 6.92 Å². The van der Waals surface area contributed by atoms with E-state index in [0.29, 0.717) is 29.5 Å². The first-order valence-electron chi connectivity index (χ1n) is 9.96. The minimum Gasteiger partial charge on any atom is -0.480 e. The number of hydrogen-bond acceptors (Lipinski definition) is 6. The molecule has 31 heavy (non-hydrogen) atoms. The molecule has 1 aliphatic rings. The first kappa shape index (κ1) is 21.3. The zero-order valence-electron chi connectivity index (χ0n) is 17.2. The molecule has 0 aliphatic carbocycles. The third-order valence-corrected chi connectivity index (χ3v) is 7.24. The number of ether oxygens (including phenoxy) is 1. The molecule has 4 rings (SSSR count). The van der Waals surface area contributed by atoms with Gasteiger partial charge in [0.1, 0.15) is 5.75 Å². The number of benzene rings is 2. The van der Waals surface area contributed by atoms with Crippen molar-refractivity contribution in [2.45, 2.75) is 37.7 Å². The van der Waals surface area contributed by atoms with E-state index in [4.69, 9.17) is 4.74 Å². The predicted molar refractivity (Wildman–Crippen MR) is 121 cm³/mol. The molecule has 3 aromatic rings. The number of rotatable bonds is 7. The van der Waals surface area contributed by atoms with Crippen molar-refractivity contribution >= 4 is 38.1 Å². The summed E-state index contributed by atoms with van der Waals surface area (Å²) in [6.07, 6.45) is 2.44. The van der Waals surface area contributed by atoms with E-state index in [-0.39, 0.29) is 10.8 Å². The van der Waals surface area contributed by atoms with Crippen molar-refractivity contribution in [2.75, 3.05) is 16.2 Å². The number of hydrogen-bond donors (Lipinski definition) is 1. The number of aromatic nitrogens is 1. The highest BCUT2D eigenvalue weighted by Crippen LogP contribution is 2.27. The van der Waals surface area contributed by atoms with Gasteiger partial charge in [0, 0.05) is 30.2 Å². The Labute approximate surface area is 185 Å². The molecule has 1 fully saturated rings. The number of anilines is 2. The second-order valence-electron chi connectivity index (χ2n) is 7.33. The lowest BCUT2D eigenvalue weighted by molar-refractivity contribution is -0.122. The number of thiazole rings is 1. The van der Waals surface area contributed by atoms with Gasteiger partial charge in [-0.25, -0.2) is 13.4 Å². The topological polar surface area (TPSA) is 88.6 Å². The largest absolute Gasteiger partial charge is 0.480 e. The number of nitrogens with zero attached hydrogens (tertiary/aromatic N) is 2. The molecule has 1 aliphatic heterocycles. The average Bonchev–Trinajstić information content (AvgIpc) is 3.37. The van der Waals surface area contributed by atoms with Crippen LogP contribution < -0.4 is 14.4 Å². The van der Waals surface area contributed by atoms with E-state index >= 15 is 0 Å². The fourth-order valence-corrected chi connectivity index (χ4v) is 5.32. The summed E-state index contributed by atoms with van der Waals surface area (Å²) in [7, 11) is -3.73. The molecule has 9 heteroatoms. The second kappa shape index (κ2) is 8.68. The first-order chi connectivity index (χ1) is 14.9. The van der Waals surface area contributed by atoms with Crippen LogP contribution in [0.25, 0.3) is 0 Å². The van der Waals surface area contributed by atoms with E-state index in [2.05, 4.69) is 22.7 Å². The molecule has 2 aromatic carbocycles. The maximum atomic E-state index is 12.9. The van der Waals surface area contributed by atoms with Crippen LogP contribution in [-0.4, -0.2) is 32.0 Å². The van der Waals surface area contributed by atoms with E-state index in [1.54, 1.807) is 22.4 Å². The number of carbonyl (C=O) groups excluding carboxylic acids is 1. The summed E-state index contributed by atoms with van der Waals surface area (Å²) in [5.74, 6) is 0.572. The van der Waals surface area contributed by atoms with Gasteiger partial charge in [0.15, 0.2) is 11.2 Å². The highest BCUT2D eigenvalue weighted by atomic mass is 32.2. The van der Waals surface area contributed by atoms with Crippen molar-refractivity contribution in [1.29, 1.82) is 0 Å². The Kier molecular flexibility index (Phi) is 5.97. The lowest BCUT2D eigenvalue weighted by Gasteiger charge is -2.18.